The summed E-state index contributed by atoms with van der Waals surface area (Å²) in [5, 5.41) is 3.55. The number of hydrogen-bond acceptors (Lipinski definition) is 3. The first-order valence-electron chi connectivity index (χ1n) is 7.73. The Bertz CT molecular complexity index is 845. The summed E-state index contributed by atoms with van der Waals surface area (Å²) in [6, 6.07) is 13.3. The van der Waals surface area contributed by atoms with E-state index in [1.54, 1.807) is 0 Å². The largest absolute Gasteiger partial charge is 0.351 e. The van der Waals surface area contributed by atoms with E-state index in [1.807, 2.05) is 38.1 Å². The average molecular weight is 381 g/mol. The van der Waals surface area contributed by atoms with Crippen molar-refractivity contribution in [2.24, 2.45) is 0 Å². The van der Waals surface area contributed by atoms with Crippen LogP contribution in [0, 0.1) is 0 Å². The van der Waals surface area contributed by atoms with E-state index < -0.39 is 10.0 Å². The number of sulfonamides is 1. The Labute approximate surface area is 153 Å². The predicted molar refractivity (Wildman–Crippen MR) is 99.5 cm³/mol. The van der Waals surface area contributed by atoms with Gasteiger partial charge in [0, 0.05) is 22.5 Å². The Hall–Kier alpha value is -1.89. The molecule has 0 spiro atoms. The molecule has 0 aliphatic carbocycles. The molecule has 0 atom stereocenters. The summed E-state index contributed by atoms with van der Waals surface area (Å²) in [6.45, 7) is 4.49. The minimum atomic E-state index is -3.51. The maximum Gasteiger partial charge on any atom is 0.251 e. The third kappa shape index (κ3) is 4.81. The van der Waals surface area contributed by atoms with Gasteiger partial charge in [-0.2, -0.15) is 0 Å². The van der Waals surface area contributed by atoms with Gasteiger partial charge in [0.2, 0.25) is 10.0 Å². The third-order valence-electron chi connectivity index (χ3n) is 4.01. The quantitative estimate of drug-likeness (QED) is 0.809. The fraction of sp³-hybridized carbons (Fsp3) is 0.278. The standard InChI is InChI=1S/C18H21ClN2O3S/c1-18(2,14-6-8-15(19)9-7-14)12-21-17(22)13-4-10-16(11-5-13)25(23,24)20-3/h4-11,20H,12H2,1-3H3,(H,21,22). The smallest absolute Gasteiger partial charge is 0.251 e. The Kier molecular flexibility index (Phi) is 5.87. The van der Waals surface area contributed by atoms with Crippen LogP contribution in [0.2, 0.25) is 5.02 Å². The Morgan fingerprint density at radius 1 is 1.04 bits per heavy atom. The molecule has 2 aromatic carbocycles. The lowest BCUT2D eigenvalue weighted by Crippen LogP contribution is -2.36. The van der Waals surface area contributed by atoms with E-state index in [4.69, 9.17) is 11.6 Å². The van der Waals surface area contributed by atoms with Crippen molar-refractivity contribution in [2.45, 2.75) is 24.2 Å². The number of rotatable bonds is 6. The van der Waals surface area contributed by atoms with Gasteiger partial charge in [0.15, 0.2) is 0 Å². The number of carbonyl (C=O) groups excluding carboxylic acids is 1. The van der Waals surface area contributed by atoms with E-state index in [-0.39, 0.29) is 16.2 Å². The molecule has 2 aromatic rings. The van der Waals surface area contributed by atoms with Crippen molar-refractivity contribution in [3.05, 3.63) is 64.7 Å². The first-order valence-corrected chi connectivity index (χ1v) is 9.60. The number of amides is 1. The van der Waals surface area contributed by atoms with Crippen LogP contribution in [0.4, 0.5) is 0 Å². The van der Waals surface area contributed by atoms with Gasteiger partial charge in [0.05, 0.1) is 4.90 Å². The summed E-state index contributed by atoms with van der Waals surface area (Å²) in [5.74, 6) is -0.254. The van der Waals surface area contributed by atoms with Gasteiger partial charge in [0.25, 0.3) is 5.91 Å². The zero-order valence-electron chi connectivity index (χ0n) is 14.3. The lowest BCUT2D eigenvalue weighted by atomic mass is 9.84. The number of halogens is 1. The molecule has 0 saturated carbocycles. The molecule has 0 fully saturated rings. The fourth-order valence-electron chi connectivity index (χ4n) is 2.31. The number of hydrogen-bond donors (Lipinski definition) is 2. The van der Waals surface area contributed by atoms with E-state index in [0.29, 0.717) is 17.1 Å². The van der Waals surface area contributed by atoms with Gasteiger partial charge in [-0.1, -0.05) is 37.6 Å². The van der Waals surface area contributed by atoms with Crippen LogP contribution < -0.4 is 10.0 Å². The van der Waals surface area contributed by atoms with Crippen LogP contribution >= 0.6 is 11.6 Å². The van der Waals surface area contributed by atoms with Crippen LogP contribution in [-0.2, 0) is 15.4 Å². The number of carbonyl (C=O) groups is 1. The molecule has 2 rings (SSSR count). The van der Waals surface area contributed by atoms with Crippen LogP contribution in [0.5, 0.6) is 0 Å². The highest BCUT2D eigenvalue weighted by atomic mass is 35.5. The highest BCUT2D eigenvalue weighted by Gasteiger charge is 2.22. The fourth-order valence-corrected chi connectivity index (χ4v) is 3.17. The molecule has 25 heavy (non-hydrogen) atoms. The molecule has 0 aliphatic rings. The maximum atomic E-state index is 12.3. The SMILES string of the molecule is CNS(=O)(=O)c1ccc(C(=O)NCC(C)(C)c2ccc(Cl)cc2)cc1. The summed E-state index contributed by atoms with van der Waals surface area (Å²) in [5.41, 5.74) is 1.20. The first kappa shape index (κ1) is 19.4. The second-order valence-electron chi connectivity index (χ2n) is 6.31. The third-order valence-corrected chi connectivity index (χ3v) is 5.69. The lowest BCUT2D eigenvalue weighted by molar-refractivity contribution is 0.0945. The van der Waals surface area contributed by atoms with Crippen molar-refractivity contribution in [3.8, 4) is 0 Å². The van der Waals surface area contributed by atoms with Gasteiger partial charge in [-0.25, -0.2) is 13.1 Å². The molecule has 134 valence electrons. The highest BCUT2D eigenvalue weighted by molar-refractivity contribution is 7.89. The second kappa shape index (κ2) is 7.56. The van der Waals surface area contributed by atoms with Crippen LogP contribution in [0.3, 0.4) is 0 Å². The van der Waals surface area contributed by atoms with Crippen LogP contribution in [0.1, 0.15) is 29.8 Å². The van der Waals surface area contributed by atoms with E-state index in [0.717, 1.165) is 5.56 Å². The zero-order chi connectivity index (χ0) is 18.7. The van der Waals surface area contributed by atoms with Gasteiger partial charge in [-0.3, -0.25) is 4.79 Å². The normalized spacial score (nSPS) is 12.0. The predicted octanol–water partition coefficient (Wildman–Crippen LogP) is 2.96. The topological polar surface area (TPSA) is 75.3 Å². The van der Waals surface area contributed by atoms with Gasteiger partial charge in [-0.05, 0) is 49.0 Å². The Balaban J connectivity index is 2.06. The summed E-state index contributed by atoms with van der Waals surface area (Å²) in [6.07, 6.45) is 0. The summed E-state index contributed by atoms with van der Waals surface area (Å²) < 4.78 is 25.6. The molecule has 7 heteroatoms. The Morgan fingerprint density at radius 2 is 1.60 bits per heavy atom. The monoisotopic (exact) mass is 380 g/mol. The minimum absolute atomic E-state index is 0.119. The van der Waals surface area contributed by atoms with Gasteiger partial charge in [-0.15, -0.1) is 0 Å². The second-order valence-corrected chi connectivity index (χ2v) is 8.63. The summed E-state index contributed by atoms with van der Waals surface area (Å²) in [7, 11) is -2.17. The molecule has 1 amide bonds. The van der Waals surface area contributed by atoms with E-state index in [2.05, 4.69) is 10.0 Å². The van der Waals surface area contributed by atoms with Gasteiger partial charge in [0.1, 0.15) is 0 Å². The molecule has 5 nitrogen and oxygen atoms in total. The van der Waals surface area contributed by atoms with Crippen LogP contribution in [0.25, 0.3) is 0 Å². The maximum absolute atomic E-state index is 12.3. The van der Waals surface area contributed by atoms with Crippen LogP contribution in [0.15, 0.2) is 53.4 Å². The van der Waals surface area contributed by atoms with Crippen LogP contribution in [-0.4, -0.2) is 27.9 Å². The van der Waals surface area contributed by atoms with E-state index in [1.165, 1.54) is 31.3 Å². The molecular formula is C18H21ClN2O3S. The molecular weight excluding hydrogens is 360 g/mol. The molecule has 0 aromatic heterocycles. The van der Waals surface area contributed by atoms with E-state index in [9.17, 15) is 13.2 Å². The molecule has 0 heterocycles. The number of nitrogens with one attached hydrogen (secondary N) is 2. The van der Waals surface area contributed by atoms with Gasteiger partial charge >= 0.3 is 0 Å². The van der Waals surface area contributed by atoms with Crippen molar-refractivity contribution in [1.29, 1.82) is 0 Å². The molecule has 0 radical (unpaired) electrons. The van der Waals surface area contributed by atoms with Gasteiger partial charge < -0.3 is 5.32 Å². The number of benzene rings is 2. The zero-order valence-corrected chi connectivity index (χ0v) is 15.9. The van der Waals surface area contributed by atoms with Crippen molar-refractivity contribution < 1.29 is 13.2 Å². The average Bonchev–Trinajstić information content (AvgIpc) is 2.60. The Morgan fingerprint density at radius 3 is 2.12 bits per heavy atom. The molecule has 2 N–H and O–H groups in total. The molecule has 0 saturated heterocycles. The highest BCUT2D eigenvalue weighted by Crippen LogP contribution is 2.24. The van der Waals surface area contributed by atoms with Crippen molar-refractivity contribution >= 4 is 27.5 Å². The van der Waals surface area contributed by atoms with Crippen molar-refractivity contribution in [2.75, 3.05) is 13.6 Å². The summed E-state index contributed by atoms with van der Waals surface area (Å²) in [4.78, 5) is 12.4. The van der Waals surface area contributed by atoms with Crippen molar-refractivity contribution in [1.82, 2.24) is 10.0 Å². The van der Waals surface area contributed by atoms with Crippen molar-refractivity contribution in [3.63, 3.8) is 0 Å². The molecule has 0 unspecified atom stereocenters. The molecule has 0 aliphatic heterocycles. The summed E-state index contributed by atoms with van der Waals surface area (Å²) >= 11 is 5.91. The minimum Gasteiger partial charge on any atom is -0.351 e. The van der Waals surface area contributed by atoms with E-state index >= 15 is 0 Å². The molecule has 0 bridgehead atoms. The first-order chi connectivity index (χ1) is 11.7. The lowest BCUT2D eigenvalue weighted by Gasteiger charge is -2.25.